The standard InChI is InChI=1S/C16H24FN3O.2ClH/c1-12(9-18-2)16(21)19-10-13-7-8-20(11-13)15-5-3-14(17)4-6-15;;/h3-6,12-13,18H,7-11H2,1-2H3,(H,19,21);2*1H. The van der Waals surface area contributed by atoms with Crippen molar-refractivity contribution in [3.63, 3.8) is 0 Å². The van der Waals surface area contributed by atoms with Gasteiger partial charge in [0, 0.05) is 37.8 Å². The number of amides is 1. The lowest BCUT2D eigenvalue weighted by atomic mass is 10.1. The molecule has 1 aliphatic heterocycles. The molecule has 1 aromatic carbocycles. The van der Waals surface area contributed by atoms with Crippen LogP contribution in [0.25, 0.3) is 0 Å². The summed E-state index contributed by atoms with van der Waals surface area (Å²) in [7, 11) is 1.85. The highest BCUT2D eigenvalue weighted by atomic mass is 35.5. The Morgan fingerprint density at radius 3 is 2.61 bits per heavy atom. The van der Waals surface area contributed by atoms with Gasteiger partial charge in [0.1, 0.15) is 5.82 Å². The number of anilines is 1. The number of halogens is 3. The van der Waals surface area contributed by atoms with Crippen molar-refractivity contribution >= 4 is 36.4 Å². The molecule has 132 valence electrons. The molecule has 1 fully saturated rings. The van der Waals surface area contributed by atoms with Crippen LogP contribution >= 0.6 is 24.8 Å². The average molecular weight is 366 g/mol. The first kappa shape index (κ1) is 22.0. The van der Waals surface area contributed by atoms with Crippen molar-refractivity contribution in [1.29, 1.82) is 0 Å². The largest absolute Gasteiger partial charge is 0.371 e. The summed E-state index contributed by atoms with van der Waals surface area (Å²) in [6.45, 7) is 5.19. The van der Waals surface area contributed by atoms with Crippen LogP contribution in [0.4, 0.5) is 10.1 Å². The summed E-state index contributed by atoms with van der Waals surface area (Å²) in [4.78, 5) is 14.1. The predicted molar refractivity (Wildman–Crippen MR) is 97.3 cm³/mol. The quantitative estimate of drug-likeness (QED) is 0.813. The molecule has 0 radical (unpaired) electrons. The van der Waals surface area contributed by atoms with Crippen molar-refractivity contribution < 1.29 is 9.18 Å². The molecule has 2 rings (SSSR count). The van der Waals surface area contributed by atoms with Crippen molar-refractivity contribution in [3.8, 4) is 0 Å². The fourth-order valence-corrected chi connectivity index (χ4v) is 2.70. The molecular weight excluding hydrogens is 340 g/mol. The predicted octanol–water partition coefficient (Wildman–Crippen LogP) is 2.47. The Morgan fingerprint density at radius 1 is 1.35 bits per heavy atom. The molecule has 0 spiro atoms. The van der Waals surface area contributed by atoms with Crippen LogP contribution in [0.3, 0.4) is 0 Å². The highest BCUT2D eigenvalue weighted by Gasteiger charge is 2.23. The molecule has 0 aliphatic carbocycles. The zero-order valence-corrected chi connectivity index (χ0v) is 15.2. The Labute approximate surface area is 150 Å². The van der Waals surface area contributed by atoms with E-state index in [1.165, 1.54) is 12.1 Å². The lowest BCUT2D eigenvalue weighted by Gasteiger charge is -2.19. The topological polar surface area (TPSA) is 44.4 Å². The molecule has 0 bridgehead atoms. The van der Waals surface area contributed by atoms with Crippen molar-refractivity contribution in [2.75, 3.05) is 38.1 Å². The molecule has 2 atom stereocenters. The van der Waals surface area contributed by atoms with E-state index >= 15 is 0 Å². The van der Waals surface area contributed by atoms with E-state index in [1.807, 2.05) is 26.1 Å². The Bertz CT molecular complexity index is 473. The van der Waals surface area contributed by atoms with Crippen LogP contribution < -0.4 is 15.5 Å². The van der Waals surface area contributed by atoms with Gasteiger partial charge in [0.2, 0.25) is 5.91 Å². The molecule has 4 nitrogen and oxygen atoms in total. The van der Waals surface area contributed by atoms with Crippen molar-refractivity contribution in [2.45, 2.75) is 13.3 Å². The van der Waals surface area contributed by atoms with E-state index in [-0.39, 0.29) is 42.5 Å². The number of carbonyl (C=O) groups excluding carboxylic acids is 1. The van der Waals surface area contributed by atoms with Crippen LogP contribution in [0.2, 0.25) is 0 Å². The third-order valence-corrected chi connectivity index (χ3v) is 4.00. The number of hydrogen-bond acceptors (Lipinski definition) is 3. The van der Waals surface area contributed by atoms with E-state index in [1.54, 1.807) is 0 Å². The van der Waals surface area contributed by atoms with Gasteiger partial charge in [-0.25, -0.2) is 4.39 Å². The van der Waals surface area contributed by atoms with E-state index in [0.717, 1.165) is 25.2 Å². The molecule has 1 aromatic rings. The summed E-state index contributed by atoms with van der Waals surface area (Å²) < 4.78 is 12.9. The van der Waals surface area contributed by atoms with E-state index in [0.29, 0.717) is 19.0 Å². The highest BCUT2D eigenvalue weighted by molar-refractivity contribution is 5.85. The first-order chi connectivity index (χ1) is 10.1. The van der Waals surface area contributed by atoms with Gasteiger partial charge in [0.15, 0.2) is 0 Å². The molecule has 2 N–H and O–H groups in total. The van der Waals surface area contributed by atoms with E-state index < -0.39 is 0 Å². The lowest BCUT2D eigenvalue weighted by Crippen LogP contribution is -2.37. The SMILES string of the molecule is CNCC(C)C(=O)NCC1CCN(c2ccc(F)cc2)C1.Cl.Cl. The zero-order valence-electron chi connectivity index (χ0n) is 13.5. The second-order valence-electron chi connectivity index (χ2n) is 5.78. The monoisotopic (exact) mass is 365 g/mol. The van der Waals surface area contributed by atoms with Crippen LogP contribution in [0.1, 0.15) is 13.3 Å². The van der Waals surface area contributed by atoms with Gasteiger partial charge in [-0.05, 0) is 43.7 Å². The van der Waals surface area contributed by atoms with Crippen molar-refractivity contribution in [3.05, 3.63) is 30.1 Å². The molecule has 1 amide bonds. The third-order valence-electron chi connectivity index (χ3n) is 4.00. The van der Waals surface area contributed by atoms with Crippen LogP contribution in [0.5, 0.6) is 0 Å². The summed E-state index contributed by atoms with van der Waals surface area (Å²) >= 11 is 0. The minimum Gasteiger partial charge on any atom is -0.371 e. The normalized spacial score (nSPS) is 17.9. The number of hydrogen-bond donors (Lipinski definition) is 2. The third kappa shape index (κ3) is 6.53. The number of nitrogens with zero attached hydrogens (tertiary/aromatic N) is 1. The average Bonchev–Trinajstić information content (AvgIpc) is 2.94. The number of carbonyl (C=O) groups is 1. The van der Waals surface area contributed by atoms with Crippen LogP contribution in [-0.2, 0) is 4.79 Å². The minimum atomic E-state index is -0.208. The van der Waals surface area contributed by atoms with Gasteiger partial charge in [-0.2, -0.15) is 0 Å². The summed E-state index contributed by atoms with van der Waals surface area (Å²) in [5.41, 5.74) is 1.05. The maximum Gasteiger partial charge on any atom is 0.224 e. The first-order valence-corrected chi connectivity index (χ1v) is 7.53. The fourth-order valence-electron chi connectivity index (χ4n) is 2.70. The van der Waals surface area contributed by atoms with Gasteiger partial charge in [-0.1, -0.05) is 6.92 Å². The minimum absolute atomic E-state index is 0. The van der Waals surface area contributed by atoms with Crippen LogP contribution in [-0.4, -0.2) is 39.1 Å². The Hall–Kier alpha value is -1.04. The van der Waals surface area contributed by atoms with E-state index in [4.69, 9.17) is 0 Å². The molecule has 0 aromatic heterocycles. The van der Waals surface area contributed by atoms with Gasteiger partial charge >= 0.3 is 0 Å². The van der Waals surface area contributed by atoms with Crippen LogP contribution in [0.15, 0.2) is 24.3 Å². The second kappa shape index (κ2) is 10.7. The van der Waals surface area contributed by atoms with Gasteiger partial charge < -0.3 is 15.5 Å². The van der Waals surface area contributed by atoms with Gasteiger partial charge in [0.25, 0.3) is 0 Å². The van der Waals surface area contributed by atoms with Gasteiger partial charge in [-0.3, -0.25) is 4.79 Å². The van der Waals surface area contributed by atoms with E-state index in [2.05, 4.69) is 15.5 Å². The summed E-state index contributed by atoms with van der Waals surface area (Å²) in [6, 6.07) is 6.60. The lowest BCUT2D eigenvalue weighted by molar-refractivity contribution is -0.124. The molecule has 1 aliphatic rings. The summed E-state index contributed by atoms with van der Waals surface area (Å²) in [6.07, 6.45) is 1.05. The maximum atomic E-state index is 12.9. The number of rotatable bonds is 6. The Balaban J connectivity index is 0.00000242. The molecule has 2 unspecified atom stereocenters. The summed E-state index contributed by atoms with van der Waals surface area (Å²) in [5, 5.41) is 6.03. The summed E-state index contributed by atoms with van der Waals surface area (Å²) in [5.74, 6) is 0.343. The maximum absolute atomic E-state index is 12.9. The second-order valence-corrected chi connectivity index (χ2v) is 5.78. The van der Waals surface area contributed by atoms with Gasteiger partial charge in [0.05, 0.1) is 0 Å². The van der Waals surface area contributed by atoms with E-state index in [9.17, 15) is 9.18 Å². The molecule has 23 heavy (non-hydrogen) atoms. The Morgan fingerprint density at radius 2 is 2.00 bits per heavy atom. The molecule has 0 saturated carbocycles. The van der Waals surface area contributed by atoms with Crippen molar-refractivity contribution in [1.82, 2.24) is 10.6 Å². The smallest absolute Gasteiger partial charge is 0.224 e. The molecule has 7 heteroatoms. The van der Waals surface area contributed by atoms with Gasteiger partial charge in [-0.15, -0.1) is 24.8 Å². The highest BCUT2D eigenvalue weighted by Crippen LogP contribution is 2.23. The molecular formula is C16H26Cl2FN3O. The van der Waals surface area contributed by atoms with Crippen LogP contribution in [0, 0.1) is 17.7 Å². The van der Waals surface area contributed by atoms with Crippen molar-refractivity contribution in [2.24, 2.45) is 11.8 Å². The molecule has 1 heterocycles. The molecule has 1 saturated heterocycles. The Kier molecular flexibility index (Phi) is 10.2. The zero-order chi connectivity index (χ0) is 15.2. The first-order valence-electron chi connectivity index (χ1n) is 7.53. The fraction of sp³-hybridized carbons (Fsp3) is 0.562. The number of benzene rings is 1. The number of nitrogens with one attached hydrogen (secondary N) is 2.